The van der Waals surface area contributed by atoms with Gasteiger partial charge in [-0.3, -0.25) is 4.79 Å². The lowest BCUT2D eigenvalue weighted by Crippen LogP contribution is -2.16. The quantitative estimate of drug-likeness (QED) is 0.845. The summed E-state index contributed by atoms with van der Waals surface area (Å²) in [6.45, 7) is 3.27. The molecule has 0 radical (unpaired) electrons. The molecule has 1 amide bonds. The molecule has 2 rings (SSSR count). The number of rotatable bonds is 6. The Balaban J connectivity index is 2.04. The largest absolute Gasteiger partial charge is 0.325 e. The van der Waals surface area contributed by atoms with Gasteiger partial charge in [0.25, 0.3) is 5.91 Å². The lowest BCUT2D eigenvalue weighted by Gasteiger charge is -2.07. The fourth-order valence-corrected chi connectivity index (χ4v) is 2.27. The van der Waals surface area contributed by atoms with Crippen molar-refractivity contribution in [1.29, 1.82) is 0 Å². The fourth-order valence-electron chi connectivity index (χ4n) is 1.61. The molecule has 0 spiro atoms. The van der Waals surface area contributed by atoms with Crippen LogP contribution >= 0.6 is 11.3 Å². The lowest BCUT2D eigenvalue weighted by molar-refractivity contribution is 0.102. The number of aromatic nitrogens is 3. The summed E-state index contributed by atoms with van der Waals surface area (Å²) < 4.78 is 1.79. The van der Waals surface area contributed by atoms with Crippen LogP contribution in [0, 0.1) is 0 Å². The van der Waals surface area contributed by atoms with Crippen LogP contribution in [-0.4, -0.2) is 20.7 Å². The van der Waals surface area contributed by atoms with Crippen LogP contribution in [-0.2, 0) is 13.1 Å². The topological polar surface area (TPSA) is 85.8 Å². The Morgan fingerprint density at radius 1 is 1.58 bits per heavy atom. The third-order valence-electron chi connectivity index (χ3n) is 2.64. The van der Waals surface area contributed by atoms with Gasteiger partial charge >= 0.3 is 0 Å². The molecule has 0 aliphatic carbocycles. The third kappa shape index (κ3) is 3.39. The Morgan fingerprint density at radius 2 is 2.42 bits per heavy atom. The summed E-state index contributed by atoms with van der Waals surface area (Å²) in [4.78, 5) is 16.2. The number of anilines is 1. The molecule has 0 unspecified atom stereocenters. The van der Waals surface area contributed by atoms with Crippen LogP contribution < -0.4 is 11.1 Å². The Labute approximate surface area is 115 Å². The van der Waals surface area contributed by atoms with E-state index in [9.17, 15) is 4.79 Å². The van der Waals surface area contributed by atoms with E-state index in [1.807, 2.05) is 0 Å². The maximum absolute atomic E-state index is 12.0. The van der Waals surface area contributed by atoms with Gasteiger partial charge in [-0.2, -0.15) is 5.10 Å². The Bertz CT molecular complexity index is 548. The van der Waals surface area contributed by atoms with Crippen molar-refractivity contribution in [3.8, 4) is 0 Å². The maximum atomic E-state index is 12.0. The molecular formula is C12H17N5OS. The molecule has 0 atom stereocenters. The maximum Gasteiger partial charge on any atom is 0.276 e. The number of thiazole rings is 1. The van der Waals surface area contributed by atoms with Crippen molar-refractivity contribution in [1.82, 2.24) is 14.8 Å². The van der Waals surface area contributed by atoms with E-state index in [2.05, 4.69) is 22.3 Å². The smallest absolute Gasteiger partial charge is 0.276 e. The monoisotopic (exact) mass is 279 g/mol. The molecule has 2 aromatic heterocycles. The molecule has 102 valence electrons. The summed E-state index contributed by atoms with van der Waals surface area (Å²) >= 11 is 1.39. The van der Waals surface area contributed by atoms with Gasteiger partial charge in [0.1, 0.15) is 16.5 Å². The van der Waals surface area contributed by atoms with Crippen molar-refractivity contribution in [3.63, 3.8) is 0 Å². The first-order chi connectivity index (χ1) is 9.24. The minimum absolute atomic E-state index is 0.228. The average molecular weight is 279 g/mol. The van der Waals surface area contributed by atoms with Crippen molar-refractivity contribution in [2.75, 3.05) is 5.32 Å². The highest BCUT2D eigenvalue weighted by Crippen LogP contribution is 2.13. The van der Waals surface area contributed by atoms with Crippen molar-refractivity contribution in [2.24, 2.45) is 5.73 Å². The van der Waals surface area contributed by atoms with Crippen LogP contribution in [0.15, 0.2) is 17.6 Å². The van der Waals surface area contributed by atoms with E-state index in [1.54, 1.807) is 22.3 Å². The first-order valence-corrected chi connectivity index (χ1v) is 7.10. The number of carbonyl (C=O) groups is 1. The summed E-state index contributed by atoms with van der Waals surface area (Å²) in [7, 11) is 0. The normalized spacial score (nSPS) is 10.6. The molecule has 0 fully saturated rings. The fraction of sp³-hybridized carbons (Fsp3) is 0.417. The molecule has 0 aromatic carbocycles. The predicted octanol–water partition coefficient (Wildman–Crippen LogP) is 1.85. The Kier molecular flexibility index (Phi) is 4.64. The van der Waals surface area contributed by atoms with Crippen LogP contribution in [0.1, 0.15) is 35.3 Å². The number of nitrogens with zero attached hydrogens (tertiary/aromatic N) is 3. The molecule has 6 nitrogen and oxygen atoms in total. The number of amides is 1. The molecule has 7 heteroatoms. The summed E-state index contributed by atoms with van der Waals surface area (Å²) in [5.74, 6) is 0.468. The van der Waals surface area contributed by atoms with E-state index in [0.717, 1.165) is 24.4 Å². The highest BCUT2D eigenvalue weighted by molar-refractivity contribution is 7.09. The SMILES string of the molecule is CCCCn1nccc1NC(=O)c1csc(CN)n1. The minimum Gasteiger partial charge on any atom is -0.325 e. The number of hydrogen-bond donors (Lipinski definition) is 2. The van der Waals surface area contributed by atoms with Gasteiger partial charge in [-0.15, -0.1) is 11.3 Å². The molecule has 0 bridgehead atoms. The van der Waals surface area contributed by atoms with Crippen LogP contribution in [0.5, 0.6) is 0 Å². The summed E-state index contributed by atoms with van der Waals surface area (Å²) in [5, 5.41) is 9.47. The van der Waals surface area contributed by atoms with Gasteiger partial charge < -0.3 is 11.1 Å². The zero-order valence-corrected chi connectivity index (χ0v) is 11.6. The second-order valence-corrected chi connectivity index (χ2v) is 5.02. The van der Waals surface area contributed by atoms with Gasteiger partial charge in [0, 0.05) is 24.5 Å². The number of hydrogen-bond acceptors (Lipinski definition) is 5. The van der Waals surface area contributed by atoms with Gasteiger partial charge in [-0.05, 0) is 6.42 Å². The summed E-state index contributed by atoms with van der Waals surface area (Å²) in [5.41, 5.74) is 5.88. The van der Waals surface area contributed by atoms with Crippen LogP contribution in [0.4, 0.5) is 5.82 Å². The average Bonchev–Trinajstić information content (AvgIpc) is 3.05. The second-order valence-electron chi connectivity index (χ2n) is 4.08. The third-order valence-corrected chi connectivity index (χ3v) is 3.51. The Hall–Kier alpha value is -1.73. The summed E-state index contributed by atoms with van der Waals surface area (Å²) in [6.07, 6.45) is 3.79. The molecule has 3 N–H and O–H groups in total. The van der Waals surface area contributed by atoms with Gasteiger partial charge in [0.15, 0.2) is 0 Å². The highest BCUT2D eigenvalue weighted by atomic mass is 32.1. The number of nitrogens with two attached hydrogens (primary N) is 1. The zero-order chi connectivity index (χ0) is 13.7. The zero-order valence-electron chi connectivity index (χ0n) is 10.8. The van der Waals surface area contributed by atoms with Gasteiger partial charge in [0.2, 0.25) is 0 Å². The van der Waals surface area contributed by atoms with E-state index in [-0.39, 0.29) is 5.91 Å². The first kappa shape index (κ1) is 13.7. The standard InChI is InChI=1S/C12H17N5OS/c1-2-3-6-17-10(4-5-14-17)16-12(18)9-8-19-11(7-13)15-9/h4-5,8H,2-3,6-7,13H2,1H3,(H,16,18). The Morgan fingerprint density at radius 3 is 3.11 bits per heavy atom. The van der Waals surface area contributed by atoms with Crippen LogP contribution in [0.25, 0.3) is 0 Å². The van der Waals surface area contributed by atoms with Crippen molar-refractivity contribution in [2.45, 2.75) is 32.9 Å². The van der Waals surface area contributed by atoms with Crippen LogP contribution in [0.3, 0.4) is 0 Å². The highest BCUT2D eigenvalue weighted by Gasteiger charge is 2.12. The molecule has 2 aromatic rings. The van der Waals surface area contributed by atoms with E-state index in [4.69, 9.17) is 5.73 Å². The molecule has 0 saturated heterocycles. The number of aryl methyl sites for hydroxylation is 1. The molecular weight excluding hydrogens is 262 g/mol. The van der Waals surface area contributed by atoms with E-state index in [0.29, 0.717) is 18.1 Å². The predicted molar refractivity (Wildman–Crippen MR) is 75.1 cm³/mol. The van der Waals surface area contributed by atoms with E-state index < -0.39 is 0 Å². The lowest BCUT2D eigenvalue weighted by atomic mass is 10.3. The van der Waals surface area contributed by atoms with Gasteiger partial charge in [-0.25, -0.2) is 9.67 Å². The first-order valence-electron chi connectivity index (χ1n) is 6.22. The molecule has 19 heavy (non-hydrogen) atoms. The minimum atomic E-state index is -0.228. The molecule has 0 saturated carbocycles. The van der Waals surface area contributed by atoms with Crippen molar-refractivity contribution < 1.29 is 4.79 Å². The van der Waals surface area contributed by atoms with Crippen molar-refractivity contribution >= 4 is 23.1 Å². The van der Waals surface area contributed by atoms with Crippen molar-refractivity contribution in [3.05, 3.63) is 28.3 Å². The molecule has 2 heterocycles. The van der Waals surface area contributed by atoms with E-state index >= 15 is 0 Å². The number of nitrogens with one attached hydrogen (secondary N) is 1. The van der Waals surface area contributed by atoms with Gasteiger partial charge in [0.05, 0.1) is 6.20 Å². The number of carbonyl (C=O) groups excluding carboxylic acids is 1. The molecule has 0 aliphatic rings. The second kappa shape index (κ2) is 6.44. The number of unbranched alkanes of at least 4 members (excludes halogenated alkanes) is 1. The summed E-state index contributed by atoms with van der Waals surface area (Å²) in [6, 6.07) is 1.78. The van der Waals surface area contributed by atoms with E-state index in [1.165, 1.54) is 11.3 Å². The molecule has 0 aliphatic heterocycles. The van der Waals surface area contributed by atoms with Gasteiger partial charge in [-0.1, -0.05) is 13.3 Å². The van der Waals surface area contributed by atoms with Crippen LogP contribution in [0.2, 0.25) is 0 Å².